The van der Waals surface area contributed by atoms with E-state index < -0.39 is 24.4 Å². The second kappa shape index (κ2) is 21.9. The van der Waals surface area contributed by atoms with E-state index in [1.165, 1.54) is 70.6 Å². The van der Waals surface area contributed by atoms with Gasteiger partial charge in [0.05, 0.1) is 18.4 Å². The molecule has 6 heteroatoms. The maximum Gasteiger partial charge on any atom is 0.305 e. The molecule has 1 atom stereocenters. The SMILES string of the molecule is CCCCCCCC/C=C\CCCCCCCCN[C@@H](CC(=O)O)C(=O)[O-].[NH4+]. The Morgan fingerprint density at radius 1 is 0.857 bits per heavy atom. The van der Waals surface area contributed by atoms with Gasteiger partial charge < -0.3 is 26.5 Å². The molecule has 0 aliphatic rings. The molecule has 0 unspecified atom stereocenters. The maximum absolute atomic E-state index is 10.8. The van der Waals surface area contributed by atoms with Crippen LogP contribution in [-0.2, 0) is 9.59 Å². The fourth-order valence-corrected chi connectivity index (χ4v) is 3.06. The summed E-state index contributed by atoms with van der Waals surface area (Å²) in [6.45, 7) is 2.77. The smallest absolute Gasteiger partial charge is 0.305 e. The first-order valence-electron chi connectivity index (χ1n) is 10.9. The molecule has 0 aromatic rings. The Hall–Kier alpha value is -1.40. The zero-order valence-corrected chi connectivity index (χ0v) is 18.2. The first-order valence-corrected chi connectivity index (χ1v) is 10.9. The van der Waals surface area contributed by atoms with Crippen LogP contribution in [-0.4, -0.2) is 29.6 Å². The number of hydrogen-bond acceptors (Lipinski definition) is 4. The Morgan fingerprint density at radius 2 is 1.32 bits per heavy atom. The van der Waals surface area contributed by atoms with Crippen molar-refractivity contribution in [3.63, 3.8) is 0 Å². The lowest BCUT2D eigenvalue weighted by Crippen LogP contribution is -2.46. The standard InChI is InChI=1S/C22H41NO4.H3N/c1-2-3-4-5-6-7-8-9-10-11-12-13-14-15-16-17-18-23-20(22(26)27)19-21(24)25;/h9-10,20,23H,2-8,11-19H2,1H3,(H,24,25)(H,26,27);1H3/b10-9-;/t20-;/m0./s1. The molecular formula is C22H44N2O4. The van der Waals surface area contributed by atoms with E-state index in [-0.39, 0.29) is 6.15 Å². The lowest BCUT2D eigenvalue weighted by Gasteiger charge is -2.17. The molecule has 0 saturated carbocycles. The summed E-state index contributed by atoms with van der Waals surface area (Å²) in [5, 5.41) is 22.2. The van der Waals surface area contributed by atoms with E-state index in [4.69, 9.17) is 5.11 Å². The first-order chi connectivity index (χ1) is 13.1. The highest BCUT2D eigenvalue weighted by Gasteiger charge is 2.12. The number of aliphatic carboxylic acids is 2. The van der Waals surface area contributed by atoms with E-state index >= 15 is 0 Å². The summed E-state index contributed by atoms with van der Waals surface area (Å²) < 4.78 is 0. The van der Waals surface area contributed by atoms with Crippen molar-refractivity contribution in [1.82, 2.24) is 11.5 Å². The highest BCUT2D eigenvalue weighted by Crippen LogP contribution is 2.09. The number of nitrogens with one attached hydrogen (secondary N) is 1. The van der Waals surface area contributed by atoms with Gasteiger partial charge in [-0.1, -0.05) is 76.9 Å². The topological polar surface area (TPSA) is 126 Å². The largest absolute Gasteiger partial charge is 0.548 e. The Balaban J connectivity index is 0. The summed E-state index contributed by atoms with van der Waals surface area (Å²) in [6, 6.07) is -1.09. The van der Waals surface area contributed by atoms with Crippen molar-refractivity contribution in [1.29, 1.82) is 0 Å². The molecule has 6 N–H and O–H groups in total. The van der Waals surface area contributed by atoms with Gasteiger partial charge in [-0.05, 0) is 38.6 Å². The highest BCUT2D eigenvalue weighted by molar-refractivity contribution is 5.79. The number of rotatable bonds is 20. The van der Waals surface area contributed by atoms with Crippen LogP contribution in [0.25, 0.3) is 0 Å². The second-order valence-corrected chi connectivity index (χ2v) is 7.36. The average Bonchev–Trinajstić information content (AvgIpc) is 2.62. The molecule has 0 radical (unpaired) electrons. The van der Waals surface area contributed by atoms with Gasteiger partial charge in [-0.25, -0.2) is 0 Å². The number of carbonyl (C=O) groups excluding carboxylic acids is 1. The van der Waals surface area contributed by atoms with E-state index in [2.05, 4.69) is 24.4 Å². The number of carbonyl (C=O) groups is 2. The third-order valence-corrected chi connectivity index (χ3v) is 4.74. The molecule has 0 heterocycles. The van der Waals surface area contributed by atoms with Crippen LogP contribution < -0.4 is 16.6 Å². The third kappa shape index (κ3) is 20.9. The monoisotopic (exact) mass is 400 g/mol. The number of allylic oxidation sites excluding steroid dienone is 2. The molecule has 0 amide bonds. The lowest BCUT2D eigenvalue weighted by atomic mass is 10.1. The van der Waals surface area contributed by atoms with Gasteiger partial charge in [0.15, 0.2) is 0 Å². The zero-order chi connectivity index (χ0) is 20.2. The molecule has 0 spiro atoms. The Morgan fingerprint density at radius 3 is 1.79 bits per heavy atom. The van der Waals surface area contributed by atoms with Crippen molar-refractivity contribution in [2.24, 2.45) is 0 Å². The van der Waals surface area contributed by atoms with Crippen LogP contribution in [0.4, 0.5) is 0 Å². The quantitative estimate of drug-likeness (QED) is 0.204. The zero-order valence-electron chi connectivity index (χ0n) is 18.2. The average molecular weight is 401 g/mol. The van der Waals surface area contributed by atoms with Gasteiger partial charge in [0.1, 0.15) is 0 Å². The van der Waals surface area contributed by atoms with E-state index in [0.717, 1.165) is 19.3 Å². The van der Waals surface area contributed by atoms with Crippen LogP contribution in [0.1, 0.15) is 103 Å². The molecular weight excluding hydrogens is 356 g/mol. The van der Waals surface area contributed by atoms with Crippen LogP contribution in [0.5, 0.6) is 0 Å². The van der Waals surface area contributed by atoms with Gasteiger partial charge in [-0.3, -0.25) is 4.79 Å². The van der Waals surface area contributed by atoms with Gasteiger partial charge in [0.25, 0.3) is 0 Å². The van der Waals surface area contributed by atoms with E-state index in [1.807, 2.05) is 0 Å². The van der Waals surface area contributed by atoms with Crippen molar-refractivity contribution in [2.45, 2.75) is 109 Å². The number of carboxylic acid groups (broad SMARTS) is 2. The summed E-state index contributed by atoms with van der Waals surface area (Å²) >= 11 is 0. The van der Waals surface area contributed by atoms with Crippen LogP contribution >= 0.6 is 0 Å². The van der Waals surface area contributed by atoms with E-state index in [0.29, 0.717) is 6.54 Å². The van der Waals surface area contributed by atoms with E-state index in [1.54, 1.807) is 0 Å². The number of hydrogen-bond donors (Lipinski definition) is 3. The van der Waals surface area contributed by atoms with E-state index in [9.17, 15) is 14.7 Å². The predicted molar refractivity (Wildman–Crippen MR) is 114 cm³/mol. The molecule has 0 fully saturated rings. The molecule has 0 saturated heterocycles. The highest BCUT2D eigenvalue weighted by atomic mass is 16.4. The lowest BCUT2D eigenvalue weighted by molar-refractivity contribution is -0.308. The molecule has 6 nitrogen and oxygen atoms in total. The summed E-state index contributed by atoms with van der Waals surface area (Å²) in [6.07, 6.45) is 21.4. The maximum atomic E-state index is 10.8. The van der Waals surface area contributed by atoms with Gasteiger partial charge in [0.2, 0.25) is 0 Å². The summed E-state index contributed by atoms with van der Waals surface area (Å²) in [7, 11) is 0. The van der Waals surface area contributed by atoms with Crippen LogP contribution in [0, 0.1) is 0 Å². The van der Waals surface area contributed by atoms with Crippen LogP contribution in [0.15, 0.2) is 12.2 Å². The molecule has 0 bridgehead atoms. The second-order valence-electron chi connectivity index (χ2n) is 7.36. The van der Waals surface area contributed by atoms with Crippen molar-refractivity contribution in [2.75, 3.05) is 6.54 Å². The van der Waals surface area contributed by atoms with Crippen molar-refractivity contribution >= 4 is 11.9 Å². The third-order valence-electron chi connectivity index (χ3n) is 4.74. The van der Waals surface area contributed by atoms with Gasteiger partial charge in [0, 0.05) is 0 Å². The van der Waals surface area contributed by atoms with Crippen molar-refractivity contribution < 1.29 is 19.8 Å². The molecule has 0 aliphatic heterocycles. The normalized spacial score (nSPS) is 12.0. The van der Waals surface area contributed by atoms with Crippen LogP contribution in [0.2, 0.25) is 0 Å². The number of carboxylic acids is 2. The van der Waals surface area contributed by atoms with Crippen LogP contribution in [0.3, 0.4) is 0 Å². The number of quaternary nitrogens is 1. The number of unbranched alkanes of at least 4 members (excludes halogenated alkanes) is 12. The molecule has 28 heavy (non-hydrogen) atoms. The molecule has 166 valence electrons. The molecule has 0 rings (SSSR count). The van der Waals surface area contributed by atoms with Gasteiger partial charge >= 0.3 is 5.97 Å². The Kier molecular flexibility index (Phi) is 22.5. The Labute approximate surface area is 171 Å². The summed E-state index contributed by atoms with van der Waals surface area (Å²) in [4.78, 5) is 21.4. The predicted octanol–water partition coefficient (Wildman–Crippen LogP) is 4.58. The molecule has 0 aromatic heterocycles. The summed E-state index contributed by atoms with van der Waals surface area (Å²) in [5.41, 5.74) is 0. The van der Waals surface area contributed by atoms with Gasteiger partial charge in [-0.15, -0.1) is 0 Å². The molecule has 0 aliphatic carbocycles. The minimum atomic E-state index is -1.35. The summed E-state index contributed by atoms with van der Waals surface area (Å²) in [5.74, 6) is -2.47. The minimum absolute atomic E-state index is 0. The molecule has 0 aromatic carbocycles. The van der Waals surface area contributed by atoms with Gasteiger partial charge in [-0.2, -0.15) is 0 Å². The first kappa shape index (κ1) is 28.8. The Bertz CT molecular complexity index is 400. The minimum Gasteiger partial charge on any atom is -0.548 e. The fraction of sp³-hybridized carbons (Fsp3) is 0.818. The van der Waals surface area contributed by atoms with Crippen molar-refractivity contribution in [3.8, 4) is 0 Å². The van der Waals surface area contributed by atoms with Crippen molar-refractivity contribution in [3.05, 3.63) is 12.2 Å². The fourth-order valence-electron chi connectivity index (χ4n) is 3.06.